The van der Waals surface area contributed by atoms with E-state index in [1.165, 1.54) is 30.4 Å². The molecule has 0 saturated carbocycles. The fraction of sp³-hybridized carbons (Fsp3) is 0.375. The van der Waals surface area contributed by atoms with E-state index in [-0.39, 0.29) is 22.1 Å². The fourth-order valence-electron chi connectivity index (χ4n) is 3.94. The molecule has 0 spiro atoms. The SMILES string of the molecule is CO/N=C(/C(=O)Nc1ccc(C(=O)O)cc1)c1ccc2c(c1)C(C)(C)CCC2(C)C. The van der Waals surface area contributed by atoms with Crippen molar-refractivity contribution in [2.75, 3.05) is 12.4 Å². The maximum absolute atomic E-state index is 12.9. The highest BCUT2D eigenvalue weighted by Crippen LogP contribution is 2.45. The Morgan fingerprint density at radius 2 is 1.50 bits per heavy atom. The van der Waals surface area contributed by atoms with Crippen LogP contribution in [0.25, 0.3) is 0 Å². The van der Waals surface area contributed by atoms with E-state index in [1.807, 2.05) is 12.1 Å². The minimum Gasteiger partial charge on any atom is -0.478 e. The Bertz CT molecular complexity index is 1000. The first-order chi connectivity index (χ1) is 14.0. The van der Waals surface area contributed by atoms with Crippen LogP contribution in [0.4, 0.5) is 5.69 Å². The number of carboxylic acids is 1. The van der Waals surface area contributed by atoms with Crippen molar-refractivity contribution < 1.29 is 19.5 Å². The van der Waals surface area contributed by atoms with E-state index in [9.17, 15) is 9.59 Å². The molecule has 0 atom stereocenters. The van der Waals surface area contributed by atoms with Crippen molar-refractivity contribution >= 4 is 23.3 Å². The zero-order valence-corrected chi connectivity index (χ0v) is 18.1. The number of hydrogen-bond donors (Lipinski definition) is 2. The Morgan fingerprint density at radius 1 is 0.933 bits per heavy atom. The Labute approximate surface area is 176 Å². The first kappa shape index (κ1) is 21.6. The van der Waals surface area contributed by atoms with Crippen molar-refractivity contribution in [3.63, 3.8) is 0 Å². The predicted molar refractivity (Wildman–Crippen MR) is 117 cm³/mol. The van der Waals surface area contributed by atoms with Gasteiger partial charge in [-0.05, 0) is 65.1 Å². The van der Waals surface area contributed by atoms with Crippen LogP contribution in [0, 0.1) is 0 Å². The third-order valence-corrected chi connectivity index (χ3v) is 5.91. The molecule has 158 valence electrons. The van der Waals surface area contributed by atoms with Crippen LogP contribution in [0.1, 0.15) is 67.6 Å². The average Bonchev–Trinajstić information content (AvgIpc) is 2.70. The predicted octanol–water partition coefficient (Wildman–Crippen LogP) is 4.72. The summed E-state index contributed by atoms with van der Waals surface area (Å²) in [5, 5.41) is 15.8. The van der Waals surface area contributed by atoms with Gasteiger partial charge >= 0.3 is 5.97 Å². The smallest absolute Gasteiger partial charge is 0.335 e. The van der Waals surface area contributed by atoms with Crippen molar-refractivity contribution in [1.82, 2.24) is 0 Å². The lowest BCUT2D eigenvalue weighted by Gasteiger charge is -2.42. The van der Waals surface area contributed by atoms with Gasteiger partial charge in [0.05, 0.1) is 5.56 Å². The lowest BCUT2D eigenvalue weighted by Crippen LogP contribution is -2.34. The molecule has 0 radical (unpaired) electrons. The topological polar surface area (TPSA) is 88.0 Å². The fourth-order valence-corrected chi connectivity index (χ4v) is 3.94. The van der Waals surface area contributed by atoms with Crippen LogP contribution in [0.5, 0.6) is 0 Å². The van der Waals surface area contributed by atoms with E-state index in [1.54, 1.807) is 12.1 Å². The van der Waals surface area contributed by atoms with E-state index in [0.717, 1.165) is 12.8 Å². The maximum Gasteiger partial charge on any atom is 0.335 e. The number of nitrogens with zero attached hydrogens (tertiary/aromatic N) is 1. The van der Waals surface area contributed by atoms with Gasteiger partial charge in [-0.25, -0.2) is 4.79 Å². The lowest BCUT2D eigenvalue weighted by molar-refractivity contribution is -0.110. The summed E-state index contributed by atoms with van der Waals surface area (Å²) in [5.74, 6) is -1.44. The van der Waals surface area contributed by atoms with Crippen LogP contribution < -0.4 is 5.32 Å². The van der Waals surface area contributed by atoms with E-state index in [0.29, 0.717) is 11.3 Å². The maximum atomic E-state index is 12.9. The number of benzene rings is 2. The van der Waals surface area contributed by atoms with Gasteiger partial charge < -0.3 is 15.3 Å². The second kappa shape index (κ2) is 7.94. The molecule has 2 aromatic rings. The van der Waals surface area contributed by atoms with E-state index < -0.39 is 11.9 Å². The number of carboxylic acid groups (broad SMARTS) is 1. The number of fused-ring (bicyclic) bond motifs is 1. The highest BCUT2D eigenvalue weighted by molar-refractivity contribution is 6.48. The normalized spacial score (nSPS) is 17.0. The van der Waals surface area contributed by atoms with Crippen molar-refractivity contribution in [2.45, 2.75) is 51.4 Å². The number of oxime groups is 1. The van der Waals surface area contributed by atoms with Gasteiger partial charge in [-0.1, -0.05) is 45.0 Å². The van der Waals surface area contributed by atoms with Crippen molar-refractivity contribution in [1.29, 1.82) is 0 Å². The Morgan fingerprint density at radius 3 is 2.07 bits per heavy atom. The third kappa shape index (κ3) is 4.22. The average molecular weight is 408 g/mol. The van der Waals surface area contributed by atoms with Crippen molar-refractivity contribution in [3.05, 3.63) is 64.7 Å². The first-order valence-corrected chi connectivity index (χ1v) is 9.96. The van der Waals surface area contributed by atoms with E-state index in [2.05, 4.69) is 44.2 Å². The summed E-state index contributed by atoms with van der Waals surface area (Å²) in [4.78, 5) is 28.9. The molecule has 2 aromatic carbocycles. The zero-order valence-electron chi connectivity index (χ0n) is 18.1. The summed E-state index contributed by atoms with van der Waals surface area (Å²) < 4.78 is 0. The van der Waals surface area contributed by atoms with E-state index >= 15 is 0 Å². The number of aromatic carboxylic acids is 1. The van der Waals surface area contributed by atoms with Crippen LogP contribution in [0.2, 0.25) is 0 Å². The molecule has 6 nitrogen and oxygen atoms in total. The largest absolute Gasteiger partial charge is 0.478 e. The summed E-state index contributed by atoms with van der Waals surface area (Å²) in [7, 11) is 1.40. The van der Waals surface area contributed by atoms with Gasteiger partial charge in [0, 0.05) is 11.3 Å². The molecule has 0 aliphatic heterocycles. The van der Waals surface area contributed by atoms with Gasteiger partial charge in [-0.15, -0.1) is 0 Å². The highest BCUT2D eigenvalue weighted by Gasteiger charge is 2.37. The monoisotopic (exact) mass is 408 g/mol. The third-order valence-electron chi connectivity index (χ3n) is 5.91. The summed E-state index contributed by atoms with van der Waals surface area (Å²) in [6, 6.07) is 12.0. The molecule has 1 aliphatic carbocycles. The first-order valence-electron chi connectivity index (χ1n) is 9.96. The molecule has 0 heterocycles. The van der Waals surface area contributed by atoms with Gasteiger partial charge in [0.15, 0.2) is 5.71 Å². The Kier molecular flexibility index (Phi) is 5.70. The molecule has 3 rings (SSSR count). The molecule has 6 heteroatoms. The lowest BCUT2D eigenvalue weighted by atomic mass is 9.63. The molecule has 0 bridgehead atoms. The van der Waals surface area contributed by atoms with Gasteiger partial charge in [-0.2, -0.15) is 0 Å². The summed E-state index contributed by atoms with van der Waals surface area (Å²) in [5.41, 5.74) is 4.08. The molecule has 0 unspecified atom stereocenters. The number of anilines is 1. The van der Waals surface area contributed by atoms with Gasteiger partial charge in [0.25, 0.3) is 5.91 Å². The molecular weight excluding hydrogens is 380 g/mol. The van der Waals surface area contributed by atoms with Crippen LogP contribution in [-0.2, 0) is 20.5 Å². The number of nitrogens with one attached hydrogen (secondary N) is 1. The molecule has 2 N–H and O–H groups in total. The van der Waals surface area contributed by atoms with Crippen LogP contribution in [0.3, 0.4) is 0 Å². The van der Waals surface area contributed by atoms with Crippen LogP contribution in [-0.4, -0.2) is 29.8 Å². The van der Waals surface area contributed by atoms with Gasteiger partial charge in [0.1, 0.15) is 7.11 Å². The summed E-state index contributed by atoms with van der Waals surface area (Å²) in [6.07, 6.45) is 2.17. The molecular formula is C24H28N2O4. The minimum atomic E-state index is -1.02. The molecule has 1 aliphatic rings. The molecule has 0 aromatic heterocycles. The van der Waals surface area contributed by atoms with Crippen molar-refractivity contribution in [3.8, 4) is 0 Å². The number of amides is 1. The van der Waals surface area contributed by atoms with Crippen LogP contribution in [0.15, 0.2) is 47.6 Å². The highest BCUT2D eigenvalue weighted by atomic mass is 16.6. The van der Waals surface area contributed by atoms with Crippen LogP contribution >= 0.6 is 0 Å². The number of hydrogen-bond acceptors (Lipinski definition) is 4. The molecule has 1 amide bonds. The van der Waals surface area contributed by atoms with Gasteiger partial charge in [0.2, 0.25) is 0 Å². The van der Waals surface area contributed by atoms with Gasteiger partial charge in [-0.3, -0.25) is 4.79 Å². The second-order valence-corrected chi connectivity index (χ2v) is 8.99. The number of carbonyl (C=O) groups excluding carboxylic acids is 1. The van der Waals surface area contributed by atoms with E-state index in [4.69, 9.17) is 9.94 Å². The summed E-state index contributed by atoms with van der Waals surface area (Å²) >= 11 is 0. The minimum absolute atomic E-state index is 0.00217. The zero-order chi connectivity index (χ0) is 22.1. The molecule has 0 fully saturated rings. The quantitative estimate of drug-likeness (QED) is 0.553. The Hall–Kier alpha value is -3.15. The van der Waals surface area contributed by atoms with Crippen molar-refractivity contribution in [2.24, 2.45) is 5.16 Å². The summed E-state index contributed by atoms with van der Waals surface area (Å²) in [6.45, 7) is 8.95. The number of rotatable bonds is 5. The Balaban J connectivity index is 1.94. The number of carbonyl (C=O) groups is 2. The molecule has 0 saturated heterocycles. The standard InChI is InChI=1S/C24H28N2O4/c1-23(2)12-13-24(3,4)19-14-16(8-11-18(19)23)20(26-30-5)21(27)25-17-9-6-15(7-10-17)22(28)29/h6-11,14H,12-13H2,1-5H3,(H,25,27)(H,28,29)/b26-20+. The molecule has 30 heavy (non-hydrogen) atoms. The second-order valence-electron chi connectivity index (χ2n) is 8.99.